The summed E-state index contributed by atoms with van der Waals surface area (Å²) in [7, 11) is 0. The molecular weight excluding hydrogens is 188 g/mol. The summed E-state index contributed by atoms with van der Waals surface area (Å²) in [5, 5.41) is 8.67. The van der Waals surface area contributed by atoms with Gasteiger partial charge in [-0.1, -0.05) is 6.92 Å². The summed E-state index contributed by atoms with van der Waals surface area (Å²) in [4.78, 5) is 21.3. The van der Waals surface area contributed by atoms with Crippen molar-refractivity contribution < 1.29 is 24.2 Å². The molecule has 0 aromatic rings. The topological polar surface area (TPSA) is 72.8 Å². The minimum absolute atomic E-state index is 0.0415. The van der Waals surface area contributed by atoms with E-state index < -0.39 is 18.2 Å². The monoisotopic (exact) mass is 204 g/mol. The second-order valence-corrected chi connectivity index (χ2v) is 3.08. The predicted octanol–water partition coefficient (Wildman–Crippen LogP) is 0.457. The first kappa shape index (κ1) is 12.9. The Morgan fingerprint density at radius 2 is 1.64 bits per heavy atom. The maximum atomic E-state index is 10.7. The number of ether oxygens (including phenoxy) is 2. The number of carbonyl (C=O) groups is 2. The number of aliphatic hydroxyl groups is 1. The van der Waals surface area contributed by atoms with Gasteiger partial charge in [0.1, 0.15) is 0 Å². The molecular formula is C9H16O5. The molecule has 82 valence electrons. The molecule has 0 radical (unpaired) electrons. The van der Waals surface area contributed by atoms with Crippen molar-refractivity contribution in [2.75, 3.05) is 6.61 Å². The molecule has 5 nitrogen and oxygen atoms in total. The zero-order valence-corrected chi connectivity index (χ0v) is 8.65. The molecule has 0 spiro atoms. The van der Waals surface area contributed by atoms with Crippen molar-refractivity contribution in [3.8, 4) is 0 Å². The van der Waals surface area contributed by atoms with Gasteiger partial charge in [0.25, 0.3) is 0 Å². The SMILES string of the molecule is CC(=O)OC(OC(C)=O)C(C)CCO. The van der Waals surface area contributed by atoms with Crippen molar-refractivity contribution in [3.05, 3.63) is 0 Å². The summed E-state index contributed by atoms with van der Waals surface area (Å²) in [6.45, 7) is 4.16. The lowest BCUT2D eigenvalue weighted by Crippen LogP contribution is -2.29. The molecule has 0 bridgehead atoms. The molecule has 0 aromatic heterocycles. The van der Waals surface area contributed by atoms with Gasteiger partial charge in [-0.05, 0) is 6.42 Å². The van der Waals surface area contributed by atoms with Crippen molar-refractivity contribution >= 4 is 11.9 Å². The van der Waals surface area contributed by atoms with E-state index in [0.29, 0.717) is 6.42 Å². The highest BCUT2D eigenvalue weighted by Gasteiger charge is 2.22. The van der Waals surface area contributed by atoms with E-state index in [1.165, 1.54) is 13.8 Å². The van der Waals surface area contributed by atoms with Crippen molar-refractivity contribution in [1.82, 2.24) is 0 Å². The Balaban J connectivity index is 4.21. The van der Waals surface area contributed by atoms with E-state index in [1.807, 2.05) is 0 Å². The van der Waals surface area contributed by atoms with Crippen LogP contribution in [0.5, 0.6) is 0 Å². The lowest BCUT2D eigenvalue weighted by Gasteiger charge is -2.22. The van der Waals surface area contributed by atoms with Crippen LogP contribution in [0.1, 0.15) is 27.2 Å². The van der Waals surface area contributed by atoms with Crippen LogP contribution in [0.3, 0.4) is 0 Å². The maximum absolute atomic E-state index is 10.7. The fourth-order valence-corrected chi connectivity index (χ4v) is 0.923. The lowest BCUT2D eigenvalue weighted by atomic mass is 10.1. The normalized spacial score (nSPS) is 12.4. The first-order valence-electron chi connectivity index (χ1n) is 4.42. The number of esters is 2. The van der Waals surface area contributed by atoms with Gasteiger partial charge in [0, 0.05) is 26.4 Å². The Kier molecular flexibility index (Phi) is 5.87. The van der Waals surface area contributed by atoms with Gasteiger partial charge in [-0.2, -0.15) is 0 Å². The molecule has 0 fully saturated rings. The Bertz CT molecular complexity index is 185. The van der Waals surface area contributed by atoms with E-state index in [1.54, 1.807) is 6.92 Å². The number of hydrogen-bond donors (Lipinski definition) is 1. The van der Waals surface area contributed by atoms with Crippen LogP contribution in [-0.4, -0.2) is 29.9 Å². The molecule has 0 aliphatic heterocycles. The van der Waals surface area contributed by atoms with Gasteiger partial charge in [0.05, 0.1) is 0 Å². The van der Waals surface area contributed by atoms with Gasteiger partial charge in [-0.25, -0.2) is 0 Å². The Labute approximate surface area is 83.0 Å². The lowest BCUT2D eigenvalue weighted by molar-refractivity contribution is -0.194. The summed E-state index contributed by atoms with van der Waals surface area (Å²) < 4.78 is 9.56. The third-order valence-electron chi connectivity index (χ3n) is 1.61. The first-order valence-corrected chi connectivity index (χ1v) is 4.42. The van der Waals surface area contributed by atoms with Crippen molar-refractivity contribution in [2.24, 2.45) is 5.92 Å². The molecule has 0 aliphatic carbocycles. The van der Waals surface area contributed by atoms with Crippen LogP contribution in [0.4, 0.5) is 0 Å². The number of carbonyl (C=O) groups excluding carboxylic acids is 2. The third-order valence-corrected chi connectivity index (χ3v) is 1.61. The van der Waals surface area contributed by atoms with Crippen LogP contribution >= 0.6 is 0 Å². The Morgan fingerprint density at radius 3 is 1.93 bits per heavy atom. The second kappa shape index (κ2) is 6.37. The van der Waals surface area contributed by atoms with Gasteiger partial charge >= 0.3 is 11.9 Å². The van der Waals surface area contributed by atoms with Crippen molar-refractivity contribution in [3.63, 3.8) is 0 Å². The van der Waals surface area contributed by atoms with E-state index in [4.69, 9.17) is 14.6 Å². The fourth-order valence-electron chi connectivity index (χ4n) is 0.923. The molecule has 5 heteroatoms. The average molecular weight is 204 g/mol. The number of aliphatic hydroxyl groups excluding tert-OH is 1. The molecule has 1 N–H and O–H groups in total. The third kappa shape index (κ3) is 5.53. The van der Waals surface area contributed by atoms with Crippen LogP contribution < -0.4 is 0 Å². The predicted molar refractivity (Wildman–Crippen MR) is 48.2 cm³/mol. The summed E-state index contributed by atoms with van der Waals surface area (Å²) in [6.07, 6.45) is -0.497. The molecule has 1 atom stereocenters. The fraction of sp³-hybridized carbons (Fsp3) is 0.778. The standard InChI is InChI=1S/C9H16O5/c1-6(4-5-10)9(13-7(2)11)14-8(3)12/h6,9-10H,4-5H2,1-3H3. The minimum Gasteiger partial charge on any atom is -0.425 e. The molecule has 0 saturated carbocycles. The van der Waals surface area contributed by atoms with Gasteiger partial charge in [-0.3, -0.25) is 9.59 Å². The summed E-state index contributed by atoms with van der Waals surface area (Å²) in [6, 6.07) is 0. The molecule has 0 heterocycles. The van der Waals surface area contributed by atoms with Gasteiger partial charge < -0.3 is 14.6 Å². The highest BCUT2D eigenvalue weighted by molar-refractivity contribution is 5.68. The minimum atomic E-state index is -0.905. The smallest absolute Gasteiger partial charge is 0.305 e. The van der Waals surface area contributed by atoms with Gasteiger partial charge in [0.2, 0.25) is 6.29 Å². The summed E-state index contributed by atoms with van der Waals surface area (Å²) >= 11 is 0. The maximum Gasteiger partial charge on any atom is 0.305 e. The van der Waals surface area contributed by atoms with E-state index >= 15 is 0 Å². The second-order valence-electron chi connectivity index (χ2n) is 3.08. The molecule has 0 amide bonds. The van der Waals surface area contributed by atoms with Crippen molar-refractivity contribution in [2.45, 2.75) is 33.5 Å². The zero-order chi connectivity index (χ0) is 11.1. The number of rotatable bonds is 5. The van der Waals surface area contributed by atoms with E-state index in [-0.39, 0.29) is 12.5 Å². The van der Waals surface area contributed by atoms with Gasteiger partial charge in [0.15, 0.2) is 0 Å². The van der Waals surface area contributed by atoms with E-state index in [0.717, 1.165) is 0 Å². The molecule has 0 saturated heterocycles. The molecule has 0 aliphatic rings. The first-order chi connectivity index (χ1) is 6.47. The molecule has 0 rings (SSSR count). The highest BCUT2D eigenvalue weighted by Crippen LogP contribution is 2.13. The number of hydrogen-bond acceptors (Lipinski definition) is 5. The highest BCUT2D eigenvalue weighted by atomic mass is 16.7. The zero-order valence-electron chi connectivity index (χ0n) is 8.65. The Hall–Kier alpha value is -1.10. The molecule has 0 aromatic carbocycles. The van der Waals surface area contributed by atoms with E-state index in [2.05, 4.69) is 0 Å². The molecule has 14 heavy (non-hydrogen) atoms. The summed E-state index contributed by atoms with van der Waals surface area (Å²) in [5.74, 6) is -1.24. The average Bonchev–Trinajstić information content (AvgIpc) is 2.01. The van der Waals surface area contributed by atoms with Crippen LogP contribution in [0.15, 0.2) is 0 Å². The van der Waals surface area contributed by atoms with Crippen LogP contribution in [-0.2, 0) is 19.1 Å². The summed E-state index contributed by atoms with van der Waals surface area (Å²) in [5.41, 5.74) is 0. The quantitative estimate of drug-likeness (QED) is 0.520. The van der Waals surface area contributed by atoms with Crippen LogP contribution in [0.25, 0.3) is 0 Å². The van der Waals surface area contributed by atoms with Crippen LogP contribution in [0.2, 0.25) is 0 Å². The van der Waals surface area contributed by atoms with Crippen LogP contribution in [0, 0.1) is 5.92 Å². The Morgan fingerprint density at radius 1 is 1.21 bits per heavy atom. The van der Waals surface area contributed by atoms with E-state index in [9.17, 15) is 9.59 Å². The van der Waals surface area contributed by atoms with Crippen molar-refractivity contribution in [1.29, 1.82) is 0 Å². The van der Waals surface area contributed by atoms with Gasteiger partial charge in [-0.15, -0.1) is 0 Å². The molecule has 1 unspecified atom stereocenters. The largest absolute Gasteiger partial charge is 0.425 e.